The summed E-state index contributed by atoms with van der Waals surface area (Å²) in [6.45, 7) is 3.16. The van der Waals surface area contributed by atoms with Gasteiger partial charge in [-0.15, -0.1) is 0 Å². The lowest BCUT2D eigenvalue weighted by Gasteiger charge is -2.26. The summed E-state index contributed by atoms with van der Waals surface area (Å²) in [5.41, 5.74) is -2.20. The second-order valence-corrected chi connectivity index (χ2v) is 5.40. The Balaban J connectivity index is 2.40. The molecule has 6 heteroatoms. The number of alkyl halides is 3. The molecule has 0 aromatic heterocycles. The van der Waals surface area contributed by atoms with Crippen molar-refractivity contribution in [1.82, 2.24) is 0 Å². The monoisotopic (exact) mass is 304 g/mol. The quantitative estimate of drug-likeness (QED) is 0.606. The van der Waals surface area contributed by atoms with E-state index in [4.69, 9.17) is 4.74 Å². The van der Waals surface area contributed by atoms with Crippen molar-refractivity contribution in [3.63, 3.8) is 0 Å². The summed E-state index contributed by atoms with van der Waals surface area (Å²) in [7, 11) is 0. The summed E-state index contributed by atoms with van der Waals surface area (Å²) < 4.78 is 58.3. The summed E-state index contributed by atoms with van der Waals surface area (Å²) in [5, 5.41) is 0. The highest BCUT2D eigenvalue weighted by Crippen LogP contribution is 2.37. The number of rotatable bonds is 2. The third-order valence-corrected chi connectivity index (χ3v) is 3.76. The highest BCUT2D eigenvalue weighted by molar-refractivity contribution is 5.99. The van der Waals surface area contributed by atoms with Crippen LogP contribution < -0.4 is 0 Å². The van der Waals surface area contributed by atoms with E-state index in [0.717, 1.165) is 6.07 Å². The predicted molar refractivity (Wildman–Crippen MR) is 68.6 cm³/mol. The molecule has 1 unspecified atom stereocenters. The molecule has 1 fully saturated rings. The second kappa shape index (κ2) is 5.75. The van der Waals surface area contributed by atoms with Crippen LogP contribution in [0, 0.1) is 18.7 Å². The first kappa shape index (κ1) is 15.9. The van der Waals surface area contributed by atoms with Gasteiger partial charge in [0.1, 0.15) is 11.4 Å². The van der Waals surface area contributed by atoms with Crippen molar-refractivity contribution >= 4 is 5.78 Å². The number of halogens is 4. The van der Waals surface area contributed by atoms with Crippen LogP contribution in [0.15, 0.2) is 12.1 Å². The van der Waals surface area contributed by atoms with Crippen LogP contribution in [0.3, 0.4) is 0 Å². The van der Waals surface area contributed by atoms with E-state index in [9.17, 15) is 22.4 Å². The molecule has 1 heterocycles. The van der Waals surface area contributed by atoms with Gasteiger partial charge in [0.25, 0.3) is 0 Å². The SMILES string of the molecule is Cc1ccc(C(=O)[C@@H]2CCC(C)OC2)c(C(F)(F)F)c1F. The molecule has 1 aromatic rings. The third-order valence-electron chi connectivity index (χ3n) is 3.76. The van der Waals surface area contributed by atoms with Gasteiger partial charge in [-0.2, -0.15) is 13.2 Å². The fourth-order valence-corrected chi connectivity index (χ4v) is 2.47. The lowest BCUT2D eigenvalue weighted by molar-refractivity contribution is -0.140. The summed E-state index contributed by atoms with van der Waals surface area (Å²) in [6.07, 6.45) is -3.85. The van der Waals surface area contributed by atoms with E-state index >= 15 is 0 Å². The van der Waals surface area contributed by atoms with Gasteiger partial charge in [-0.05, 0) is 32.3 Å². The standard InChI is InChI=1S/C15H16F4O2/c1-8-3-6-11(12(13(8)16)15(17,18)19)14(20)10-5-4-9(2)21-7-10/h3,6,9-10H,4-5,7H2,1-2H3/t9?,10-/m1/s1. The molecule has 21 heavy (non-hydrogen) atoms. The zero-order valence-electron chi connectivity index (χ0n) is 11.8. The van der Waals surface area contributed by atoms with E-state index in [2.05, 4.69) is 0 Å². The van der Waals surface area contributed by atoms with Gasteiger partial charge in [0.05, 0.1) is 12.7 Å². The normalized spacial score (nSPS) is 23.1. The van der Waals surface area contributed by atoms with Crippen molar-refractivity contribution in [3.8, 4) is 0 Å². The Morgan fingerprint density at radius 1 is 1.29 bits per heavy atom. The van der Waals surface area contributed by atoms with Gasteiger partial charge in [0.15, 0.2) is 5.78 Å². The van der Waals surface area contributed by atoms with Crippen LogP contribution in [0.1, 0.15) is 41.3 Å². The molecule has 1 aliphatic heterocycles. The third kappa shape index (κ3) is 3.26. The first-order chi connectivity index (χ1) is 9.71. The summed E-state index contributed by atoms with van der Waals surface area (Å²) in [6, 6.07) is 2.26. The van der Waals surface area contributed by atoms with Crippen molar-refractivity contribution in [2.45, 2.75) is 39.0 Å². The van der Waals surface area contributed by atoms with Crippen LogP contribution >= 0.6 is 0 Å². The van der Waals surface area contributed by atoms with Crippen molar-refractivity contribution in [1.29, 1.82) is 0 Å². The molecule has 0 saturated carbocycles. The summed E-state index contributed by atoms with van der Waals surface area (Å²) in [5.74, 6) is -2.73. The molecule has 0 N–H and O–H groups in total. The smallest absolute Gasteiger partial charge is 0.378 e. The van der Waals surface area contributed by atoms with E-state index < -0.39 is 34.8 Å². The Hall–Kier alpha value is -1.43. The number of ether oxygens (including phenoxy) is 1. The maximum atomic E-state index is 13.8. The molecule has 1 saturated heterocycles. The molecule has 1 aromatic carbocycles. The van der Waals surface area contributed by atoms with Gasteiger partial charge in [0, 0.05) is 11.5 Å². The Labute approximate surface area is 120 Å². The number of hydrogen-bond acceptors (Lipinski definition) is 2. The van der Waals surface area contributed by atoms with Crippen LogP contribution in [-0.4, -0.2) is 18.5 Å². The zero-order valence-corrected chi connectivity index (χ0v) is 11.8. The number of carbonyl (C=O) groups is 1. The molecular weight excluding hydrogens is 288 g/mol. The Kier molecular flexibility index (Phi) is 4.37. The summed E-state index contributed by atoms with van der Waals surface area (Å²) >= 11 is 0. The fraction of sp³-hybridized carbons (Fsp3) is 0.533. The minimum Gasteiger partial charge on any atom is -0.378 e. The highest BCUT2D eigenvalue weighted by Gasteiger charge is 2.40. The van der Waals surface area contributed by atoms with Gasteiger partial charge in [-0.3, -0.25) is 4.79 Å². The maximum absolute atomic E-state index is 13.8. The molecule has 116 valence electrons. The summed E-state index contributed by atoms with van der Waals surface area (Å²) in [4.78, 5) is 12.3. The van der Waals surface area contributed by atoms with Crippen molar-refractivity contribution in [2.75, 3.05) is 6.61 Å². The molecule has 0 radical (unpaired) electrons. The van der Waals surface area contributed by atoms with Gasteiger partial charge in [0.2, 0.25) is 0 Å². The average Bonchev–Trinajstić information content (AvgIpc) is 2.40. The molecule has 2 nitrogen and oxygen atoms in total. The van der Waals surface area contributed by atoms with Crippen molar-refractivity contribution in [3.05, 3.63) is 34.6 Å². The largest absolute Gasteiger partial charge is 0.419 e. The average molecular weight is 304 g/mol. The maximum Gasteiger partial charge on any atom is 0.419 e. The first-order valence-corrected chi connectivity index (χ1v) is 6.74. The van der Waals surface area contributed by atoms with Crippen LogP contribution in [-0.2, 0) is 10.9 Å². The van der Waals surface area contributed by atoms with E-state index in [1.807, 2.05) is 6.92 Å². The molecular formula is C15H16F4O2. The van der Waals surface area contributed by atoms with Gasteiger partial charge >= 0.3 is 6.18 Å². The van der Waals surface area contributed by atoms with Crippen LogP contribution in [0.2, 0.25) is 0 Å². The molecule has 2 atom stereocenters. The Morgan fingerprint density at radius 3 is 2.48 bits per heavy atom. The number of carbonyl (C=O) groups excluding carboxylic acids is 1. The van der Waals surface area contributed by atoms with E-state index in [1.54, 1.807) is 0 Å². The number of Topliss-reactive ketones (excluding diaryl/α,β-unsaturated/α-hetero) is 1. The molecule has 2 rings (SSSR count). The second-order valence-electron chi connectivity index (χ2n) is 5.40. The van der Waals surface area contributed by atoms with Gasteiger partial charge in [-0.25, -0.2) is 4.39 Å². The van der Waals surface area contributed by atoms with Gasteiger partial charge < -0.3 is 4.74 Å². The molecule has 0 aliphatic carbocycles. The number of benzene rings is 1. The fourth-order valence-electron chi connectivity index (χ4n) is 2.47. The molecule has 0 bridgehead atoms. The highest BCUT2D eigenvalue weighted by atomic mass is 19.4. The Morgan fingerprint density at radius 2 is 1.95 bits per heavy atom. The first-order valence-electron chi connectivity index (χ1n) is 6.74. The van der Waals surface area contributed by atoms with Crippen molar-refractivity contribution in [2.24, 2.45) is 5.92 Å². The van der Waals surface area contributed by atoms with Gasteiger partial charge in [-0.1, -0.05) is 12.1 Å². The van der Waals surface area contributed by atoms with E-state index in [0.29, 0.717) is 12.8 Å². The zero-order chi connectivity index (χ0) is 15.8. The van der Waals surface area contributed by atoms with Crippen LogP contribution in [0.25, 0.3) is 0 Å². The minimum atomic E-state index is -4.90. The van der Waals surface area contributed by atoms with Crippen molar-refractivity contribution < 1.29 is 27.1 Å². The topological polar surface area (TPSA) is 26.3 Å². The lowest BCUT2D eigenvalue weighted by atomic mass is 9.88. The van der Waals surface area contributed by atoms with Crippen LogP contribution in [0.5, 0.6) is 0 Å². The van der Waals surface area contributed by atoms with E-state index in [-0.39, 0.29) is 18.3 Å². The van der Waals surface area contributed by atoms with E-state index in [1.165, 1.54) is 13.0 Å². The molecule has 1 aliphatic rings. The molecule has 0 amide bonds. The molecule has 0 spiro atoms. The minimum absolute atomic E-state index is 0.00843. The number of ketones is 1. The number of hydrogen-bond donors (Lipinski definition) is 0. The van der Waals surface area contributed by atoms with Crippen LogP contribution in [0.4, 0.5) is 17.6 Å². The number of aryl methyl sites for hydroxylation is 1. The lowest BCUT2D eigenvalue weighted by Crippen LogP contribution is -2.31. The predicted octanol–water partition coefficient (Wildman–Crippen LogP) is 4.15. The Bertz CT molecular complexity index is 543.